The Kier molecular flexibility index (Phi) is 5.56. The number of hydrogen-bond acceptors (Lipinski definition) is 4. The number of carbonyl (C=O) groups excluding carboxylic acids is 2. The molecule has 142 valence electrons. The molecule has 0 unspecified atom stereocenters. The smallest absolute Gasteiger partial charge is 0.306 e. The van der Waals surface area contributed by atoms with Gasteiger partial charge in [-0.25, -0.2) is 17.9 Å². The van der Waals surface area contributed by atoms with Crippen molar-refractivity contribution < 1.29 is 18.0 Å². The molecule has 0 aliphatic heterocycles. The highest BCUT2D eigenvalue weighted by molar-refractivity contribution is 7.90. The van der Waals surface area contributed by atoms with Crippen LogP contribution in [0.2, 0.25) is 0 Å². The molecule has 0 aliphatic rings. The quantitative estimate of drug-likeness (QED) is 0.645. The van der Waals surface area contributed by atoms with Gasteiger partial charge in [0.05, 0.1) is 10.6 Å². The Morgan fingerprint density at radius 2 is 1.39 bits per heavy atom. The van der Waals surface area contributed by atoms with E-state index in [4.69, 9.17) is 0 Å². The van der Waals surface area contributed by atoms with Crippen molar-refractivity contribution in [2.75, 3.05) is 5.32 Å². The summed E-state index contributed by atoms with van der Waals surface area (Å²) in [6, 6.07) is 20.2. The average Bonchev–Trinajstić information content (AvgIpc) is 2.68. The minimum atomic E-state index is -4.03. The minimum Gasteiger partial charge on any atom is -0.306 e. The number of rotatable bonds is 5. The van der Waals surface area contributed by atoms with Crippen LogP contribution in [-0.2, 0) is 10.0 Å². The number of sulfonamides is 1. The lowest BCUT2D eigenvalue weighted by atomic mass is 10.0. The van der Waals surface area contributed by atoms with Crippen LogP contribution in [0.1, 0.15) is 21.5 Å². The predicted molar refractivity (Wildman–Crippen MR) is 107 cm³/mol. The van der Waals surface area contributed by atoms with Gasteiger partial charge in [-0.2, -0.15) is 0 Å². The molecule has 0 heterocycles. The largest absolute Gasteiger partial charge is 0.333 e. The van der Waals surface area contributed by atoms with E-state index in [0.717, 1.165) is 5.56 Å². The van der Waals surface area contributed by atoms with Gasteiger partial charge in [0, 0.05) is 11.1 Å². The summed E-state index contributed by atoms with van der Waals surface area (Å²) in [5, 5.41) is 2.45. The zero-order chi connectivity index (χ0) is 20.1. The van der Waals surface area contributed by atoms with Crippen molar-refractivity contribution >= 4 is 27.5 Å². The summed E-state index contributed by atoms with van der Waals surface area (Å²) < 4.78 is 26.6. The Morgan fingerprint density at radius 1 is 0.786 bits per heavy atom. The number of carbonyl (C=O) groups is 2. The maximum absolute atomic E-state index is 12.7. The van der Waals surface area contributed by atoms with Gasteiger partial charge in [-0.1, -0.05) is 60.2 Å². The van der Waals surface area contributed by atoms with Crippen LogP contribution in [0.3, 0.4) is 0 Å². The predicted octanol–water partition coefficient (Wildman–Crippen LogP) is 3.74. The van der Waals surface area contributed by atoms with Crippen molar-refractivity contribution in [2.24, 2.45) is 0 Å². The number of amides is 2. The molecule has 28 heavy (non-hydrogen) atoms. The van der Waals surface area contributed by atoms with Gasteiger partial charge in [0.25, 0.3) is 10.0 Å². The number of aryl methyl sites for hydroxylation is 1. The fourth-order valence-corrected chi connectivity index (χ4v) is 3.49. The van der Waals surface area contributed by atoms with E-state index in [1.165, 1.54) is 18.2 Å². The first-order chi connectivity index (χ1) is 13.4. The molecule has 7 heteroatoms. The number of hydrogen-bond donors (Lipinski definition) is 2. The molecular weight excluding hydrogens is 376 g/mol. The third kappa shape index (κ3) is 4.44. The molecule has 0 bridgehead atoms. The van der Waals surface area contributed by atoms with Gasteiger partial charge >= 0.3 is 6.03 Å². The maximum atomic E-state index is 12.7. The first-order valence-electron chi connectivity index (χ1n) is 8.46. The fraction of sp³-hybridized carbons (Fsp3) is 0.0476. The molecule has 0 spiro atoms. The molecule has 0 radical (unpaired) electrons. The number of benzene rings is 3. The molecule has 0 fully saturated rings. The lowest BCUT2D eigenvalue weighted by Crippen LogP contribution is -2.34. The Balaban J connectivity index is 1.80. The van der Waals surface area contributed by atoms with E-state index in [0.29, 0.717) is 5.56 Å². The van der Waals surface area contributed by atoms with Crippen molar-refractivity contribution in [3.05, 3.63) is 95.6 Å². The third-order valence-corrected chi connectivity index (χ3v) is 5.36. The highest BCUT2D eigenvalue weighted by Crippen LogP contribution is 2.19. The van der Waals surface area contributed by atoms with E-state index in [2.05, 4.69) is 5.32 Å². The minimum absolute atomic E-state index is 0.0260. The Hall–Kier alpha value is -3.45. The number of para-hydroxylation sites is 1. The molecular formula is C21H18N2O4S. The molecule has 2 N–H and O–H groups in total. The SMILES string of the molecule is Cc1ccc(S(=O)(=O)NC(=O)Nc2ccccc2C(=O)c2ccccc2)cc1. The molecule has 6 nitrogen and oxygen atoms in total. The zero-order valence-corrected chi connectivity index (χ0v) is 15.9. The molecule has 3 aromatic carbocycles. The summed E-state index contributed by atoms with van der Waals surface area (Å²) in [5.74, 6) is -0.280. The summed E-state index contributed by atoms with van der Waals surface area (Å²) in [4.78, 5) is 24.9. The second-order valence-corrected chi connectivity index (χ2v) is 7.80. The normalized spacial score (nSPS) is 10.9. The van der Waals surface area contributed by atoms with Gasteiger partial charge in [0.15, 0.2) is 5.78 Å². The molecule has 0 aliphatic carbocycles. The average molecular weight is 394 g/mol. The van der Waals surface area contributed by atoms with Crippen LogP contribution in [0, 0.1) is 6.92 Å². The van der Waals surface area contributed by atoms with E-state index in [1.807, 2.05) is 11.6 Å². The van der Waals surface area contributed by atoms with Crippen molar-refractivity contribution in [3.63, 3.8) is 0 Å². The molecule has 0 atom stereocenters. The van der Waals surface area contributed by atoms with Gasteiger partial charge in [0.1, 0.15) is 0 Å². The van der Waals surface area contributed by atoms with E-state index < -0.39 is 16.1 Å². The van der Waals surface area contributed by atoms with Gasteiger partial charge in [-0.05, 0) is 31.2 Å². The zero-order valence-electron chi connectivity index (χ0n) is 15.0. The summed E-state index contributed by atoms with van der Waals surface area (Å²) >= 11 is 0. The van der Waals surface area contributed by atoms with Crippen LogP contribution in [0.25, 0.3) is 0 Å². The van der Waals surface area contributed by atoms with Crippen molar-refractivity contribution in [1.82, 2.24) is 4.72 Å². The molecule has 3 aromatic rings. The fourth-order valence-electron chi connectivity index (χ4n) is 2.58. The number of urea groups is 1. The highest BCUT2D eigenvalue weighted by atomic mass is 32.2. The van der Waals surface area contributed by atoms with Gasteiger partial charge < -0.3 is 5.32 Å². The summed E-state index contributed by atoms with van der Waals surface area (Å²) in [6.07, 6.45) is 0. The Labute approximate surface area is 163 Å². The lowest BCUT2D eigenvalue weighted by molar-refractivity contribution is 0.103. The maximum Gasteiger partial charge on any atom is 0.333 e. The second-order valence-electron chi connectivity index (χ2n) is 6.11. The molecule has 0 saturated heterocycles. The van der Waals surface area contributed by atoms with Gasteiger partial charge in [-0.3, -0.25) is 4.79 Å². The Morgan fingerprint density at radius 3 is 2.07 bits per heavy atom. The van der Waals surface area contributed by atoms with Crippen LogP contribution in [0.4, 0.5) is 10.5 Å². The van der Waals surface area contributed by atoms with Crippen molar-refractivity contribution in [3.8, 4) is 0 Å². The van der Waals surface area contributed by atoms with Crippen LogP contribution in [-0.4, -0.2) is 20.2 Å². The summed E-state index contributed by atoms with van der Waals surface area (Å²) in [7, 11) is -4.03. The summed E-state index contributed by atoms with van der Waals surface area (Å²) in [6.45, 7) is 1.83. The van der Waals surface area contributed by atoms with E-state index >= 15 is 0 Å². The lowest BCUT2D eigenvalue weighted by Gasteiger charge is -2.12. The number of ketones is 1. The Bertz CT molecular complexity index is 1110. The molecule has 0 saturated carbocycles. The third-order valence-electron chi connectivity index (χ3n) is 4.01. The standard InChI is InChI=1S/C21H18N2O4S/c1-15-11-13-17(14-12-15)28(26,27)23-21(25)22-19-10-6-5-9-18(19)20(24)16-7-3-2-4-8-16/h2-14H,1H3,(H2,22,23,25). The van der Waals surface area contributed by atoms with Crippen molar-refractivity contribution in [1.29, 1.82) is 0 Å². The van der Waals surface area contributed by atoms with Crippen LogP contribution in [0.5, 0.6) is 0 Å². The molecule has 0 aromatic heterocycles. The van der Waals surface area contributed by atoms with Crippen molar-refractivity contribution in [2.45, 2.75) is 11.8 Å². The molecule has 2 amide bonds. The number of nitrogens with one attached hydrogen (secondary N) is 2. The van der Waals surface area contributed by atoms with Crippen LogP contribution in [0.15, 0.2) is 83.8 Å². The van der Waals surface area contributed by atoms with Gasteiger partial charge in [0.2, 0.25) is 0 Å². The second kappa shape index (κ2) is 8.06. The topological polar surface area (TPSA) is 92.3 Å². The summed E-state index contributed by atoms with van der Waals surface area (Å²) in [5.41, 5.74) is 1.84. The van der Waals surface area contributed by atoms with E-state index in [1.54, 1.807) is 60.7 Å². The number of anilines is 1. The van der Waals surface area contributed by atoms with Gasteiger partial charge in [-0.15, -0.1) is 0 Å². The van der Waals surface area contributed by atoms with E-state index in [-0.39, 0.29) is 21.9 Å². The van der Waals surface area contributed by atoms with Crippen LogP contribution >= 0.6 is 0 Å². The first kappa shape index (κ1) is 19.3. The monoisotopic (exact) mass is 394 g/mol. The highest BCUT2D eigenvalue weighted by Gasteiger charge is 2.19. The molecule has 3 rings (SSSR count). The van der Waals surface area contributed by atoms with E-state index in [9.17, 15) is 18.0 Å². The van der Waals surface area contributed by atoms with Crippen LogP contribution < -0.4 is 10.0 Å². The first-order valence-corrected chi connectivity index (χ1v) is 9.94.